The van der Waals surface area contributed by atoms with Crippen molar-refractivity contribution < 1.29 is 23.8 Å². The molecule has 1 heterocycles. The molecular formula is C20H23NO5. The van der Waals surface area contributed by atoms with Gasteiger partial charge in [-0.2, -0.15) is 0 Å². The molecule has 0 saturated carbocycles. The second-order valence-electron chi connectivity index (χ2n) is 5.98. The zero-order valence-corrected chi connectivity index (χ0v) is 15.7. The predicted molar refractivity (Wildman–Crippen MR) is 98.8 cm³/mol. The van der Waals surface area contributed by atoms with Crippen LogP contribution in [0.15, 0.2) is 35.5 Å². The van der Waals surface area contributed by atoms with Crippen molar-refractivity contribution in [3.63, 3.8) is 0 Å². The molecule has 0 bridgehead atoms. The molecule has 6 heteroatoms. The molecule has 0 amide bonds. The zero-order chi connectivity index (χ0) is 18.7. The van der Waals surface area contributed by atoms with E-state index in [1.807, 2.05) is 37.3 Å². The van der Waals surface area contributed by atoms with E-state index in [0.717, 1.165) is 28.2 Å². The van der Waals surface area contributed by atoms with Gasteiger partial charge in [-0.05, 0) is 30.7 Å². The highest BCUT2D eigenvalue weighted by atomic mass is 16.6. The first-order valence-electron chi connectivity index (χ1n) is 8.28. The molecule has 3 rings (SSSR count). The van der Waals surface area contributed by atoms with Crippen molar-refractivity contribution in [1.29, 1.82) is 0 Å². The third-order valence-electron chi connectivity index (χ3n) is 4.47. The SMILES string of the molecule is COc1cc(C2=NOC(c3cc(OC)c(OC)c(OC)c3)C2)ccc1C. The highest BCUT2D eigenvalue weighted by Crippen LogP contribution is 2.42. The first-order chi connectivity index (χ1) is 12.6. The highest BCUT2D eigenvalue weighted by Gasteiger charge is 2.27. The van der Waals surface area contributed by atoms with E-state index in [9.17, 15) is 0 Å². The Hall–Kier alpha value is -2.89. The zero-order valence-electron chi connectivity index (χ0n) is 15.7. The number of oxime groups is 1. The molecule has 0 aliphatic carbocycles. The Bertz CT molecular complexity index is 806. The van der Waals surface area contributed by atoms with Gasteiger partial charge in [0.2, 0.25) is 5.75 Å². The number of aryl methyl sites for hydroxylation is 1. The van der Waals surface area contributed by atoms with Gasteiger partial charge in [-0.3, -0.25) is 0 Å². The van der Waals surface area contributed by atoms with Crippen LogP contribution in [0.1, 0.15) is 29.2 Å². The number of rotatable bonds is 6. The van der Waals surface area contributed by atoms with Crippen LogP contribution >= 0.6 is 0 Å². The maximum atomic E-state index is 5.68. The van der Waals surface area contributed by atoms with Crippen molar-refractivity contribution in [3.8, 4) is 23.0 Å². The summed E-state index contributed by atoms with van der Waals surface area (Å²) < 4.78 is 21.6. The first-order valence-corrected chi connectivity index (χ1v) is 8.28. The largest absolute Gasteiger partial charge is 0.496 e. The van der Waals surface area contributed by atoms with Crippen LogP contribution in [-0.4, -0.2) is 34.2 Å². The summed E-state index contributed by atoms with van der Waals surface area (Å²) in [5.41, 5.74) is 3.86. The Morgan fingerprint density at radius 2 is 1.54 bits per heavy atom. The van der Waals surface area contributed by atoms with Gasteiger partial charge < -0.3 is 23.8 Å². The van der Waals surface area contributed by atoms with Crippen LogP contribution in [0.25, 0.3) is 0 Å². The molecule has 1 unspecified atom stereocenters. The molecule has 0 spiro atoms. The molecule has 6 nitrogen and oxygen atoms in total. The maximum Gasteiger partial charge on any atom is 0.203 e. The second kappa shape index (κ2) is 7.56. The number of hydrogen-bond donors (Lipinski definition) is 0. The summed E-state index contributed by atoms with van der Waals surface area (Å²) >= 11 is 0. The second-order valence-corrected chi connectivity index (χ2v) is 5.98. The Morgan fingerprint density at radius 3 is 2.12 bits per heavy atom. The third-order valence-corrected chi connectivity index (χ3v) is 4.47. The molecule has 1 aliphatic heterocycles. The Labute approximate surface area is 153 Å². The van der Waals surface area contributed by atoms with E-state index < -0.39 is 0 Å². The fourth-order valence-corrected chi connectivity index (χ4v) is 3.01. The molecule has 0 N–H and O–H groups in total. The Morgan fingerprint density at radius 1 is 0.885 bits per heavy atom. The summed E-state index contributed by atoms with van der Waals surface area (Å²) in [6, 6.07) is 9.80. The fourth-order valence-electron chi connectivity index (χ4n) is 3.01. The van der Waals surface area contributed by atoms with Crippen molar-refractivity contribution >= 4 is 5.71 Å². The van der Waals surface area contributed by atoms with Crippen molar-refractivity contribution in [2.24, 2.45) is 5.16 Å². The summed E-state index contributed by atoms with van der Waals surface area (Å²) in [6.45, 7) is 2.01. The predicted octanol–water partition coefficient (Wildman–Crippen LogP) is 3.90. The molecule has 0 saturated heterocycles. The van der Waals surface area contributed by atoms with E-state index in [4.69, 9.17) is 23.8 Å². The van der Waals surface area contributed by atoms with Gasteiger partial charge in [0.05, 0.1) is 34.2 Å². The molecule has 26 heavy (non-hydrogen) atoms. The molecule has 2 aromatic rings. The van der Waals surface area contributed by atoms with Gasteiger partial charge in [0, 0.05) is 17.5 Å². The maximum absolute atomic E-state index is 5.68. The van der Waals surface area contributed by atoms with Crippen molar-refractivity contribution in [1.82, 2.24) is 0 Å². The molecule has 0 fully saturated rings. The van der Waals surface area contributed by atoms with Gasteiger partial charge in [0.25, 0.3) is 0 Å². The monoisotopic (exact) mass is 357 g/mol. The van der Waals surface area contributed by atoms with Crippen LogP contribution in [0, 0.1) is 6.92 Å². The molecule has 2 aromatic carbocycles. The van der Waals surface area contributed by atoms with Gasteiger partial charge >= 0.3 is 0 Å². The summed E-state index contributed by atoms with van der Waals surface area (Å²) in [4.78, 5) is 5.68. The van der Waals surface area contributed by atoms with Gasteiger partial charge in [-0.1, -0.05) is 17.3 Å². The Kier molecular flexibility index (Phi) is 5.21. The fraction of sp³-hybridized carbons (Fsp3) is 0.350. The number of benzene rings is 2. The van der Waals surface area contributed by atoms with E-state index in [2.05, 4.69) is 5.16 Å². The minimum atomic E-state index is -0.217. The number of nitrogens with zero attached hydrogens (tertiary/aromatic N) is 1. The van der Waals surface area contributed by atoms with Crippen LogP contribution < -0.4 is 18.9 Å². The average Bonchev–Trinajstić information content (AvgIpc) is 3.17. The standard InChI is InChI=1S/C20H23NO5/c1-12-6-7-13(8-16(12)22-2)15-11-17(26-21-15)14-9-18(23-3)20(25-5)19(10-14)24-4/h6-10,17H,11H2,1-5H3. The molecule has 138 valence electrons. The van der Waals surface area contributed by atoms with E-state index in [1.54, 1.807) is 28.4 Å². The minimum Gasteiger partial charge on any atom is -0.496 e. The first kappa shape index (κ1) is 17.9. The average molecular weight is 357 g/mol. The van der Waals surface area contributed by atoms with E-state index >= 15 is 0 Å². The summed E-state index contributed by atoms with van der Waals surface area (Å²) in [5, 5.41) is 4.27. The van der Waals surface area contributed by atoms with E-state index in [1.165, 1.54) is 0 Å². The van der Waals surface area contributed by atoms with Gasteiger partial charge in [-0.25, -0.2) is 0 Å². The van der Waals surface area contributed by atoms with E-state index in [0.29, 0.717) is 23.7 Å². The molecular weight excluding hydrogens is 334 g/mol. The van der Waals surface area contributed by atoms with Crippen molar-refractivity contribution in [2.45, 2.75) is 19.4 Å². The normalized spacial score (nSPS) is 15.9. The summed E-state index contributed by atoms with van der Waals surface area (Å²) in [5.74, 6) is 2.58. The van der Waals surface area contributed by atoms with Crippen molar-refractivity contribution in [3.05, 3.63) is 47.0 Å². The summed E-state index contributed by atoms with van der Waals surface area (Å²) in [7, 11) is 6.43. The smallest absolute Gasteiger partial charge is 0.203 e. The lowest BCUT2D eigenvalue weighted by atomic mass is 9.98. The number of methoxy groups -OCH3 is 4. The third kappa shape index (κ3) is 3.27. The van der Waals surface area contributed by atoms with Crippen LogP contribution in [0.3, 0.4) is 0 Å². The molecule has 1 aliphatic rings. The van der Waals surface area contributed by atoms with E-state index in [-0.39, 0.29) is 6.10 Å². The Balaban J connectivity index is 1.86. The number of hydrogen-bond acceptors (Lipinski definition) is 6. The van der Waals surface area contributed by atoms with Crippen LogP contribution in [0.5, 0.6) is 23.0 Å². The van der Waals surface area contributed by atoms with Gasteiger partial charge in [-0.15, -0.1) is 0 Å². The van der Waals surface area contributed by atoms with Crippen LogP contribution in [-0.2, 0) is 4.84 Å². The lowest BCUT2D eigenvalue weighted by molar-refractivity contribution is 0.0853. The van der Waals surface area contributed by atoms with Crippen LogP contribution in [0.2, 0.25) is 0 Å². The van der Waals surface area contributed by atoms with Gasteiger partial charge in [0.1, 0.15) is 5.75 Å². The van der Waals surface area contributed by atoms with Gasteiger partial charge in [0.15, 0.2) is 17.6 Å². The topological polar surface area (TPSA) is 58.5 Å². The molecule has 0 radical (unpaired) electrons. The quantitative estimate of drug-likeness (QED) is 0.785. The van der Waals surface area contributed by atoms with Crippen LogP contribution in [0.4, 0.5) is 0 Å². The highest BCUT2D eigenvalue weighted by molar-refractivity contribution is 6.01. The molecule has 0 aromatic heterocycles. The summed E-state index contributed by atoms with van der Waals surface area (Å²) in [6.07, 6.45) is 0.427. The molecule has 1 atom stereocenters. The number of ether oxygens (including phenoxy) is 4. The lowest BCUT2D eigenvalue weighted by Crippen LogP contribution is -2.04. The van der Waals surface area contributed by atoms with Crippen molar-refractivity contribution in [2.75, 3.05) is 28.4 Å². The minimum absolute atomic E-state index is 0.217. The lowest BCUT2D eigenvalue weighted by Gasteiger charge is -2.16.